The lowest BCUT2D eigenvalue weighted by molar-refractivity contribution is 0.0908. The van der Waals surface area contributed by atoms with Gasteiger partial charge in [-0.1, -0.05) is 18.2 Å². The van der Waals surface area contributed by atoms with Crippen LogP contribution in [0.25, 0.3) is 5.69 Å². The van der Waals surface area contributed by atoms with E-state index in [9.17, 15) is 9.59 Å². The van der Waals surface area contributed by atoms with Crippen molar-refractivity contribution in [2.24, 2.45) is 7.05 Å². The zero-order valence-electron chi connectivity index (χ0n) is 17.3. The lowest BCUT2D eigenvalue weighted by Crippen LogP contribution is -2.37. The molecule has 1 fully saturated rings. The van der Waals surface area contributed by atoms with Gasteiger partial charge in [0.2, 0.25) is 0 Å². The maximum absolute atomic E-state index is 12.6. The fraction of sp³-hybridized carbons (Fsp3) is 0.348. The molecule has 0 bridgehead atoms. The zero-order valence-corrected chi connectivity index (χ0v) is 17.3. The van der Waals surface area contributed by atoms with Crippen molar-refractivity contribution in [3.63, 3.8) is 0 Å². The minimum Gasteiger partial charge on any atom is -0.497 e. The minimum atomic E-state index is -0.131. The molecular formula is C23H26N4O3. The van der Waals surface area contributed by atoms with Crippen molar-refractivity contribution in [1.82, 2.24) is 19.2 Å². The van der Waals surface area contributed by atoms with Crippen molar-refractivity contribution in [3.8, 4) is 11.4 Å². The summed E-state index contributed by atoms with van der Waals surface area (Å²) in [4.78, 5) is 27.4. The molecule has 2 aromatic carbocycles. The summed E-state index contributed by atoms with van der Waals surface area (Å²) < 4.78 is 8.27. The van der Waals surface area contributed by atoms with E-state index in [2.05, 4.69) is 10.00 Å². The molecule has 1 saturated heterocycles. The van der Waals surface area contributed by atoms with E-state index in [1.807, 2.05) is 42.5 Å². The number of Topliss-reactive ketones (excluding diaryl/α,β-unsaturated/α-hetero) is 1. The number of rotatable bonds is 6. The lowest BCUT2D eigenvalue weighted by atomic mass is 9.95. The molecule has 0 spiro atoms. The largest absolute Gasteiger partial charge is 0.497 e. The topological polar surface area (TPSA) is 69.4 Å². The third-order valence-corrected chi connectivity index (χ3v) is 5.70. The molecule has 4 rings (SSSR count). The molecule has 0 saturated carbocycles. The number of aromatic nitrogens is 3. The van der Waals surface area contributed by atoms with E-state index in [1.54, 1.807) is 30.9 Å². The Balaban J connectivity index is 1.43. The van der Waals surface area contributed by atoms with Crippen LogP contribution in [-0.4, -0.2) is 51.8 Å². The van der Waals surface area contributed by atoms with E-state index in [-0.39, 0.29) is 17.4 Å². The first-order chi connectivity index (χ1) is 14.6. The van der Waals surface area contributed by atoms with Gasteiger partial charge in [-0.25, -0.2) is 14.0 Å². The van der Waals surface area contributed by atoms with Crippen LogP contribution in [0, 0.1) is 0 Å². The molecule has 30 heavy (non-hydrogen) atoms. The second-order valence-electron chi connectivity index (χ2n) is 7.64. The van der Waals surface area contributed by atoms with Crippen LogP contribution in [0.4, 0.5) is 0 Å². The zero-order chi connectivity index (χ0) is 21.1. The molecule has 0 radical (unpaired) electrons. The standard InChI is InChI=1S/C23H26N4O3/c1-25-23(29)27(19-6-4-3-5-7-19)22(24-25)18-12-14-26(15-13-18)16-21(28)17-8-10-20(30-2)11-9-17/h3-11,18H,12-16H2,1-2H3. The molecule has 1 aliphatic rings. The molecule has 0 atom stereocenters. The van der Waals surface area contributed by atoms with Gasteiger partial charge in [-0.15, -0.1) is 0 Å². The number of carbonyl (C=O) groups excluding carboxylic acids is 1. The van der Waals surface area contributed by atoms with Crippen LogP contribution in [0.15, 0.2) is 59.4 Å². The Labute approximate surface area is 175 Å². The third kappa shape index (κ3) is 4.07. The number of nitrogens with zero attached hydrogens (tertiary/aromatic N) is 4. The van der Waals surface area contributed by atoms with E-state index < -0.39 is 0 Å². The summed E-state index contributed by atoms with van der Waals surface area (Å²) in [5.41, 5.74) is 1.40. The Morgan fingerprint density at radius 2 is 1.73 bits per heavy atom. The molecule has 1 aromatic heterocycles. The first-order valence-electron chi connectivity index (χ1n) is 10.2. The summed E-state index contributed by atoms with van der Waals surface area (Å²) in [7, 11) is 3.30. The third-order valence-electron chi connectivity index (χ3n) is 5.70. The minimum absolute atomic E-state index is 0.107. The number of aryl methyl sites for hydroxylation is 1. The summed E-state index contributed by atoms with van der Waals surface area (Å²) in [6, 6.07) is 16.9. The van der Waals surface area contributed by atoms with Crippen molar-refractivity contribution < 1.29 is 9.53 Å². The summed E-state index contributed by atoms with van der Waals surface area (Å²) >= 11 is 0. The van der Waals surface area contributed by atoms with Crippen LogP contribution in [0.5, 0.6) is 5.75 Å². The number of benzene rings is 2. The SMILES string of the molecule is COc1ccc(C(=O)CN2CCC(c3nn(C)c(=O)n3-c3ccccc3)CC2)cc1. The quantitative estimate of drug-likeness (QED) is 0.589. The van der Waals surface area contributed by atoms with Crippen molar-refractivity contribution >= 4 is 5.78 Å². The van der Waals surface area contributed by atoms with E-state index >= 15 is 0 Å². The van der Waals surface area contributed by atoms with Crippen molar-refractivity contribution in [1.29, 1.82) is 0 Å². The molecule has 0 aliphatic carbocycles. The average molecular weight is 406 g/mol. The van der Waals surface area contributed by atoms with Gasteiger partial charge >= 0.3 is 5.69 Å². The molecule has 7 nitrogen and oxygen atoms in total. The highest BCUT2D eigenvalue weighted by molar-refractivity contribution is 5.97. The smallest absolute Gasteiger partial charge is 0.350 e. The number of hydrogen-bond acceptors (Lipinski definition) is 5. The fourth-order valence-corrected chi connectivity index (χ4v) is 3.99. The van der Waals surface area contributed by atoms with Gasteiger partial charge in [0.15, 0.2) is 5.78 Å². The summed E-state index contributed by atoms with van der Waals surface area (Å²) in [6.07, 6.45) is 1.72. The summed E-state index contributed by atoms with van der Waals surface area (Å²) in [5.74, 6) is 1.84. The molecule has 0 amide bonds. The summed E-state index contributed by atoms with van der Waals surface area (Å²) in [5, 5.41) is 4.53. The number of carbonyl (C=O) groups is 1. The van der Waals surface area contributed by atoms with Crippen LogP contribution in [0.1, 0.15) is 34.9 Å². The highest BCUT2D eigenvalue weighted by Gasteiger charge is 2.27. The Kier molecular flexibility index (Phi) is 5.81. The van der Waals surface area contributed by atoms with E-state index in [4.69, 9.17) is 4.74 Å². The molecule has 3 aromatic rings. The number of hydrogen-bond donors (Lipinski definition) is 0. The van der Waals surface area contributed by atoms with Gasteiger partial charge in [-0.05, 0) is 62.3 Å². The highest BCUT2D eigenvalue weighted by Crippen LogP contribution is 2.27. The summed E-state index contributed by atoms with van der Waals surface area (Å²) in [6.45, 7) is 1.99. The van der Waals surface area contributed by atoms with Gasteiger partial charge in [-0.2, -0.15) is 5.10 Å². The van der Waals surface area contributed by atoms with Gasteiger partial charge < -0.3 is 4.74 Å². The van der Waals surface area contributed by atoms with Crippen molar-refractivity contribution in [3.05, 3.63) is 76.5 Å². The second kappa shape index (κ2) is 8.67. The number of likely N-dealkylation sites (tertiary alicyclic amines) is 1. The number of ketones is 1. The second-order valence-corrected chi connectivity index (χ2v) is 7.64. The molecule has 2 heterocycles. The fourth-order valence-electron chi connectivity index (χ4n) is 3.99. The first kappa shape index (κ1) is 20.1. The Morgan fingerprint density at radius 1 is 1.07 bits per heavy atom. The van der Waals surface area contributed by atoms with Gasteiger partial charge in [0.1, 0.15) is 11.6 Å². The van der Waals surface area contributed by atoms with Crippen LogP contribution in [0.3, 0.4) is 0 Å². The monoisotopic (exact) mass is 406 g/mol. The highest BCUT2D eigenvalue weighted by atomic mass is 16.5. The number of ether oxygens (including phenoxy) is 1. The molecule has 156 valence electrons. The lowest BCUT2D eigenvalue weighted by Gasteiger charge is -2.31. The Bertz CT molecular complexity index is 1060. The van der Waals surface area contributed by atoms with Crippen molar-refractivity contribution in [2.75, 3.05) is 26.7 Å². The van der Waals surface area contributed by atoms with Crippen LogP contribution in [0.2, 0.25) is 0 Å². The first-order valence-corrected chi connectivity index (χ1v) is 10.2. The maximum atomic E-state index is 12.6. The van der Waals surface area contributed by atoms with E-state index in [0.29, 0.717) is 12.1 Å². The molecule has 0 N–H and O–H groups in total. The predicted molar refractivity (Wildman–Crippen MR) is 115 cm³/mol. The number of methoxy groups -OCH3 is 1. The number of piperidine rings is 1. The predicted octanol–water partition coefficient (Wildman–Crippen LogP) is 2.64. The average Bonchev–Trinajstić information content (AvgIpc) is 3.09. The number of para-hydroxylation sites is 1. The van der Waals surface area contributed by atoms with Crippen LogP contribution in [-0.2, 0) is 7.05 Å². The van der Waals surface area contributed by atoms with E-state index in [0.717, 1.165) is 43.2 Å². The molecule has 1 aliphatic heterocycles. The molecule has 0 unspecified atom stereocenters. The Morgan fingerprint density at radius 3 is 2.37 bits per heavy atom. The molecular weight excluding hydrogens is 380 g/mol. The van der Waals surface area contributed by atoms with Crippen LogP contribution < -0.4 is 10.4 Å². The maximum Gasteiger partial charge on any atom is 0.350 e. The van der Waals surface area contributed by atoms with Gasteiger partial charge in [0.05, 0.1) is 19.3 Å². The van der Waals surface area contributed by atoms with Crippen LogP contribution >= 0.6 is 0 Å². The normalized spacial score (nSPS) is 15.3. The van der Waals surface area contributed by atoms with Gasteiger partial charge in [0, 0.05) is 18.5 Å². The van der Waals surface area contributed by atoms with E-state index in [1.165, 1.54) is 4.68 Å². The van der Waals surface area contributed by atoms with Gasteiger partial charge in [-0.3, -0.25) is 9.69 Å². The van der Waals surface area contributed by atoms with Crippen molar-refractivity contribution in [2.45, 2.75) is 18.8 Å². The molecule has 7 heteroatoms. The Hall–Kier alpha value is -3.19. The van der Waals surface area contributed by atoms with Gasteiger partial charge in [0.25, 0.3) is 0 Å².